The van der Waals surface area contributed by atoms with Gasteiger partial charge in [-0.1, -0.05) is 30.3 Å². The van der Waals surface area contributed by atoms with Crippen molar-refractivity contribution in [3.8, 4) is 11.5 Å². The Morgan fingerprint density at radius 2 is 1.74 bits per heavy atom. The van der Waals surface area contributed by atoms with E-state index in [4.69, 9.17) is 4.74 Å². The predicted octanol–water partition coefficient (Wildman–Crippen LogP) is 4.01. The van der Waals surface area contributed by atoms with E-state index in [0.717, 1.165) is 26.8 Å². The molecule has 0 spiro atoms. The number of carbonyl (C=O) groups is 1. The van der Waals surface area contributed by atoms with E-state index in [0.29, 0.717) is 22.5 Å². The van der Waals surface area contributed by atoms with E-state index >= 15 is 0 Å². The molecule has 1 N–H and O–H groups in total. The van der Waals surface area contributed by atoms with Crippen LogP contribution in [0.25, 0.3) is 10.2 Å². The second kappa shape index (κ2) is 7.43. The fourth-order valence-corrected chi connectivity index (χ4v) is 3.41. The van der Waals surface area contributed by atoms with Crippen molar-refractivity contribution in [3.63, 3.8) is 0 Å². The Balaban J connectivity index is 1.41. The van der Waals surface area contributed by atoms with Gasteiger partial charge in [0.25, 0.3) is 5.56 Å². The molecule has 0 fully saturated rings. The first-order valence-corrected chi connectivity index (χ1v) is 9.05. The third kappa shape index (κ3) is 3.73. The highest BCUT2D eigenvalue weighted by atomic mass is 32.1. The number of rotatable bonds is 4. The Bertz CT molecular complexity index is 1130. The Morgan fingerprint density at radius 1 is 1.00 bits per heavy atom. The summed E-state index contributed by atoms with van der Waals surface area (Å²) < 4.78 is 6.83. The van der Waals surface area contributed by atoms with Crippen molar-refractivity contribution in [2.45, 2.75) is 6.54 Å². The monoisotopic (exact) mass is 377 g/mol. The second-order valence-corrected chi connectivity index (χ2v) is 6.70. The molecule has 1 amide bonds. The lowest BCUT2D eigenvalue weighted by molar-refractivity contribution is 0.243. The summed E-state index contributed by atoms with van der Waals surface area (Å²) in [5, 5.41) is 3.20. The van der Waals surface area contributed by atoms with E-state index in [9.17, 15) is 9.59 Å². The quantitative estimate of drug-likeness (QED) is 0.583. The maximum absolute atomic E-state index is 12.3. The molecule has 27 heavy (non-hydrogen) atoms. The number of aromatic nitrogens is 2. The first kappa shape index (κ1) is 17.0. The molecule has 0 saturated carbocycles. The van der Waals surface area contributed by atoms with Gasteiger partial charge in [-0.05, 0) is 53.5 Å². The fourth-order valence-electron chi connectivity index (χ4n) is 2.55. The summed E-state index contributed by atoms with van der Waals surface area (Å²) in [5.41, 5.74) is 0.545. The molecule has 2 aromatic carbocycles. The second-order valence-electron chi connectivity index (χ2n) is 5.76. The normalized spacial score (nSPS) is 10.7. The van der Waals surface area contributed by atoms with Crippen molar-refractivity contribution in [2.24, 2.45) is 0 Å². The number of hydrogen-bond donors (Lipinski definition) is 1. The Morgan fingerprint density at radius 3 is 2.48 bits per heavy atom. The van der Waals surface area contributed by atoms with E-state index in [1.54, 1.807) is 18.3 Å². The summed E-state index contributed by atoms with van der Waals surface area (Å²) in [6.07, 6.45) is 1.60. The van der Waals surface area contributed by atoms with Crippen LogP contribution in [0, 0.1) is 0 Å². The van der Waals surface area contributed by atoms with Gasteiger partial charge in [-0.15, -0.1) is 0 Å². The summed E-state index contributed by atoms with van der Waals surface area (Å²) in [6.45, 7) is 0.304. The van der Waals surface area contributed by atoms with Gasteiger partial charge in [-0.25, -0.2) is 9.78 Å². The lowest BCUT2D eigenvalue weighted by Gasteiger charge is -2.07. The van der Waals surface area contributed by atoms with Crippen molar-refractivity contribution < 1.29 is 9.53 Å². The molecular formula is C20H15N3O3S. The van der Waals surface area contributed by atoms with Crippen LogP contribution in [0.15, 0.2) is 77.7 Å². The highest BCUT2D eigenvalue weighted by molar-refractivity contribution is 7.14. The summed E-state index contributed by atoms with van der Waals surface area (Å²) in [7, 11) is 0. The van der Waals surface area contributed by atoms with Gasteiger partial charge in [-0.3, -0.25) is 4.79 Å². The SMILES string of the molecule is O=C(NCc1ccc(Oc2ccccc2)cc1)n1sc2ncccc2c1=O. The van der Waals surface area contributed by atoms with E-state index in [1.807, 2.05) is 54.6 Å². The Labute approximate surface area is 158 Å². The molecule has 6 nitrogen and oxygen atoms in total. The standard InChI is InChI=1S/C20H15N3O3S/c24-19-17-7-4-12-21-18(17)27-23(19)20(25)22-13-14-8-10-16(11-9-14)26-15-5-2-1-3-6-15/h1-12H,13H2,(H,22,25). The van der Waals surface area contributed by atoms with Gasteiger partial charge >= 0.3 is 6.03 Å². The molecule has 0 unspecified atom stereocenters. The first-order chi connectivity index (χ1) is 13.2. The van der Waals surface area contributed by atoms with Crippen molar-refractivity contribution in [3.05, 3.63) is 88.8 Å². The lowest BCUT2D eigenvalue weighted by Crippen LogP contribution is -2.32. The van der Waals surface area contributed by atoms with Gasteiger partial charge in [-0.2, -0.15) is 3.96 Å². The zero-order chi connectivity index (χ0) is 18.6. The molecule has 2 heterocycles. The third-order valence-electron chi connectivity index (χ3n) is 3.89. The highest BCUT2D eigenvalue weighted by Crippen LogP contribution is 2.21. The maximum atomic E-state index is 12.3. The number of nitrogens with zero attached hydrogens (tertiary/aromatic N) is 2. The molecule has 134 valence electrons. The van der Waals surface area contributed by atoms with Crippen molar-refractivity contribution in [1.82, 2.24) is 14.3 Å². The van der Waals surface area contributed by atoms with Crippen molar-refractivity contribution in [1.29, 1.82) is 0 Å². The van der Waals surface area contributed by atoms with Gasteiger partial charge in [0, 0.05) is 12.7 Å². The molecule has 0 bridgehead atoms. The van der Waals surface area contributed by atoms with Crippen LogP contribution in [0.2, 0.25) is 0 Å². The van der Waals surface area contributed by atoms with E-state index in [-0.39, 0.29) is 5.56 Å². The molecule has 2 aromatic heterocycles. The molecule has 0 aliphatic carbocycles. The number of fused-ring (bicyclic) bond motifs is 1. The average Bonchev–Trinajstić information content (AvgIpc) is 3.05. The molecule has 4 rings (SSSR count). The average molecular weight is 377 g/mol. The molecule has 0 radical (unpaired) electrons. The molecule has 0 aliphatic rings. The van der Waals surface area contributed by atoms with Crippen LogP contribution in [0.3, 0.4) is 0 Å². The minimum Gasteiger partial charge on any atom is -0.457 e. The van der Waals surface area contributed by atoms with Crippen molar-refractivity contribution >= 4 is 27.8 Å². The number of amides is 1. The van der Waals surface area contributed by atoms with Crippen LogP contribution in [0.5, 0.6) is 11.5 Å². The van der Waals surface area contributed by atoms with Gasteiger partial charge in [0.15, 0.2) is 0 Å². The fraction of sp³-hybridized carbons (Fsp3) is 0.0500. The van der Waals surface area contributed by atoms with Crippen LogP contribution >= 0.6 is 11.5 Å². The first-order valence-electron chi connectivity index (χ1n) is 8.28. The number of nitrogens with one attached hydrogen (secondary N) is 1. The van der Waals surface area contributed by atoms with Gasteiger partial charge in [0.05, 0.1) is 5.39 Å². The molecule has 0 aliphatic heterocycles. The topological polar surface area (TPSA) is 73.2 Å². The Hall–Kier alpha value is -3.45. The van der Waals surface area contributed by atoms with Crippen LogP contribution < -0.4 is 15.6 Å². The minimum atomic E-state index is -0.465. The minimum absolute atomic E-state index is 0.304. The molecule has 0 atom stereocenters. The largest absolute Gasteiger partial charge is 0.457 e. The van der Waals surface area contributed by atoms with Gasteiger partial charge < -0.3 is 10.1 Å². The summed E-state index contributed by atoms with van der Waals surface area (Å²) in [6, 6.07) is 19.8. The van der Waals surface area contributed by atoms with E-state index in [2.05, 4.69) is 10.3 Å². The molecular weight excluding hydrogens is 362 g/mol. The van der Waals surface area contributed by atoms with Gasteiger partial charge in [0.1, 0.15) is 16.3 Å². The molecule has 7 heteroatoms. The zero-order valence-electron chi connectivity index (χ0n) is 14.2. The van der Waals surface area contributed by atoms with Crippen molar-refractivity contribution in [2.75, 3.05) is 0 Å². The summed E-state index contributed by atoms with van der Waals surface area (Å²) >= 11 is 1.03. The Kier molecular flexibility index (Phi) is 4.67. The van der Waals surface area contributed by atoms with Crippen LogP contribution in [0.1, 0.15) is 5.56 Å². The number of para-hydroxylation sites is 1. The number of benzene rings is 2. The lowest BCUT2D eigenvalue weighted by atomic mass is 10.2. The number of carbonyl (C=O) groups excluding carboxylic acids is 1. The summed E-state index contributed by atoms with van der Waals surface area (Å²) in [5.74, 6) is 1.47. The smallest absolute Gasteiger partial charge is 0.338 e. The maximum Gasteiger partial charge on any atom is 0.338 e. The summed E-state index contributed by atoms with van der Waals surface area (Å²) in [4.78, 5) is 29.2. The third-order valence-corrected chi connectivity index (χ3v) is 4.91. The van der Waals surface area contributed by atoms with Crippen LogP contribution in [-0.2, 0) is 6.54 Å². The van der Waals surface area contributed by atoms with Gasteiger partial charge in [0.2, 0.25) is 0 Å². The highest BCUT2D eigenvalue weighted by Gasteiger charge is 2.14. The number of ether oxygens (including phenoxy) is 1. The number of hydrogen-bond acceptors (Lipinski definition) is 5. The predicted molar refractivity (Wildman–Crippen MR) is 104 cm³/mol. The van der Waals surface area contributed by atoms with Crippen LogP contribution in [-0.4, -0.2) is 15.0 Å². The van der Waals surface area contributed by atoms with E-state index < -0.39 is 6.03 Å². The van der Waals surface area contributed by atoms with Crippen LogP contribution in [0.4, 0.5) is 4.79 Å². The number of pyridine rings is 1. The zero-order valence-corrected chi connectivity index (χ0v) is 15.0. The molecule has 4 aromatic rings. The van der Waals surface area contributed by atoms with E-state index in [1.165, 1.54) is 0 Å². The molecule has 0 saturated heterocycles.